The van der Waals surface area contributed by atoms with E-state index in [1.807, 2.05) is 0 Å². The van der Waals surface area contributed by atoms with Gasteiger partial charge in [-0.15, -0.1) is 0 Å². The van der Waals surface area contributed by atoms with E-state index in [1.165, 1.54) is 44.5 Å². The molecule has 130 valence electrons. The first-order valence-electron chi connectivity index (χ1n) is 7.34. The van der Waals surface area contributed by atoms with Gasteiger partial charge in [0.25, 0.3) is 5.91 Å². The van der Waals surface area contributed by atoms with Crippen molar-refractivity contribution in [1.29, 1.82) is 0 Å². The highest BCUT2D eigenvalue weighted by molar-refractivity contribution is 7.89. The molecular formula is C17H16N2O5S. The fourth-order valence-electron chi connectivity index (χ4n) is 2.53. The summed E-state index contributed by atoms with van der Waals surface area (Å²) in [6.45, 7) is 0. The van der Waals surface area contributed by atoms with E-state index in [0.29, 0.717) is 22.6 Å². The molecule has 0 atom stereocenters. The largest absolute Gasteiger partial charge is 0.507 e. The monoisotopic (exact) mass is 360 g/mol. The van der Waals surface area contributed by atoms with Gasteiger partial charge in [0.2, 0.25) is 10.0 Å². The van der Waals surface area contributed by atoms with Crippen molar-refractivity contribution in [1.82, 2.24) is 4.72 Å². The van der Waals surface area contributed by atoms with Crippen molar-refractivity contribution in [3.8, 4) is 11.5 Å². The molecule has 1 heterocycles. The van der Waals surface area contributed by atoms with Gasteiger partial charge in [0.05, 0.1) is 12.0 Å². The summed E-state index contributed by atoms with van der Waals surface area (Å²) < 4.78 is 31.3. The number of fused-ring (bicyclic) bond motifs is 1. The Hall–Kier alpha value is -2.84. The summed E-state index contributed by atoms with van der Waals surface area (Å²) in [5.41, 5.74) is 1.60. The fourth-order valence-corrected chi connectivity index (χ4v) is 3.28. The number of carbonyl (C=O) groups is 1. The van der Waals surface area contributed by atoms with Crippen molar-refractivity contribution in [2.45, 2.75) is 4.90 Å². The van der Waals surface area contributed by atoms with Crippen LogP contribution in [0, 0.1) is 0 Å². The van der Waals surface area contributed by atoms with Gasteiger partial charge in [0, 0.05) is 22.4 Å². The lowest BCUT2D eigenvalue weighted by Crippen LogP contribution is -2.18. The third-order valence-electron chi connectivity index (χ3n) is 3.89. The molecule has 0 unspecified atom stereocenters. The number of benzene rings is 2. The van der Waals surface area contributed by atoms with Crippen molar-refractivity contribution < 1.29 is 23.1 Å². The van der Waals surface area contributed by atoms with E-state index in [2.05, 4.69) is 10.0 Å². The molecule has 0 spiro atoms. The van der Waals surface area contributed by atoms with Gasteiger partial charge >= 0.3 is 0 Å². The van der Waals surface area contributed by atoms with Crippen LogP contribution in [-0.4, -0.2) is 33.6 Å². The van der Waals surface area contributed by atoms with Crippen molar-refractivity contribution in [2.24, 2.45) is 0 Å². The number of amides is 1. The molecule has 1 aliphatic heterocycles. The van der Waals surface area contributed by atoms with Crippen molar-refractivity contribution in [3.05, 3.63) is 47.5 Å². The summed E-state index contributed by atoms with van der Waals surface area (Å²) in [4.78, 5) is 12.3. The normalized spacial score (nSPS) is 15.1. The van der Waals surface area contributed by atoms with Crippen molar-refractivity contribution >= 4 is 33.3 Å². The molecule has 3 N–H and O–H groups in total. The maximum Gasteiger partial charge on any atom is 0.256 e. The summed E-state index contributed by atoms with van der Waals surface area (Å²) in [6, 6.07) is 9.00. The molecule has 1 aliphatic rings. The Kier molecular flexibility index (Phi) is 4.23. The van der Waals surface area contributed by atoms with Gasteiger partial charge in [-0.1, -0.05) is 0 Å². The maximum atomic E-state index is 12.3. The average Bonchev–Trinajstić information content (AvgIpc) is 2.91. The second-order valence-corrected chi connectivity index (χ2v) is 7.24. The number of sulfonamides is 1. The molecule has 2 aromatic rings. The number of phenols is 1. The van der Waals surface area contributed by atoms with Crippen LogP contribution in [0.4, 0.5) is 5.69 Å². The van der Waals surface area contributed by atoms with Crippen LogP contribution < -0.4 is 14.8 Å². The van der Waals surface area contributed by atoms with Gasteiger partial charge in [-0.3, -0.25) is 4.79 Å². The highest BCUT2D eigenvalue weighted by atomic mass is 32.2. The first-order valence-corrected chi connectivity index (χ1v) is 8.82. The molecule has 0 bridgehead atoms. The summed E-state index contributed by atoms with van der Waals surface area (Å²) in [7, 11) is -0.826. The minimum absolute atomic E-state index is 0.0199. The zero-order chi connectivity index (χ0) is 18.2. The summed E-state index contributed by atoms with van der Waals surface area (Å²) in [5, 5.41) is 12.7. The predicted molar refractivity (Wildman–Crippen MR) is 93.8 cm³/mol. The van der Waals surface area contributed by atoms with Crippen LogP contribution in [0.25, 0.3) is 11.6 Å². The smallest absolute Gasteiger partial charge is 0.256 e. The van der Waals surface area contributed by atoms with Crippen LogP contribution >= 0.6 is 0 Å². The zero-order valence-corrected chi connectivity index (χ0v) is 14.3. The Balaban J connectivity index is 2.14. The molecular weight excluding hydrogens is 344 g/mol. The Bertz CT molecular complexity index is 996. The molecule has 0 saturated heterocycles. The Morgan fingerprint density at radius 3 is 2.64 bits per heavy atom. The van der Waals surface area contributed by atoms with E-state index in [9.17, 15) is 18.3 Å². The van der Waals surface area contributed by atoms with Crippen LogP contribution in [0.5, 0.6) is 11.5 Å². The molecule has 0 aliphatic carbocycles. The van der Waals surface area contributed by atoms with E-state index >= 15 is 0 Å². The Morgan fingerprint density at radius 2 is 1.96 bits per heavy atom. The topological polar surface area (TPSA) is 105 Å². The Labute approximate surface area is 145 Å². The number of carbonyl (C=O) groups excluding carboxylic acids is 1. The second-order valence-electron chi connectivity index (χ2n) is 5.35. The molecule has 3 rings (SSSR count). The quantitative estimate of drug-likeness (QED) is 0.721. The minimum atomic E-state index is -3.64. The van der Waals surface area contributed by atoms with E-state index < -0.39 is 10.0 Å². The molecule has 0 saturated carbocycles. The van der Waals surface area contributed by atoms with Crippen LogP contribution in [-0.2, 0) is 14.8 Å². The molecule has 25 heavy (non-hydrogen) atoms. The summed E-state index contributed by atoms with van der Waals surface area (Å²) in [5.74, 6) is 0.125. The minimum Gasteiger partial charge on any atom is -0.507 e. The second kappa shape index (κ2) is 6.23. The van der Waals surface area contributed by atoms with Crippen molar-refractivity contribution in [2.75, 3.05) is 19.5 Å². The number of anilines is 1. The number of aromatic hydroxyl groups is 1. The predicted octanol–water partition coefficient (Wildman–Crippen LogP) is 1.80. The third-order valence-corrected chi connectivity index (χ3v) is 5.30. The SMILES string of the molecule is CNS(=O)(=O)c1ccc2c(c1)C(=Cc1cc(OC)ccc1O)C(=O)N2. The zero-order valence-electron chi connectivity index (χ0n) is 13.5. The number of ether oxygens (including phenoxy) is 1. The van der Waals surface area contributed by atoms with E-state index in [0.717, 1.165) is 0 Å². The van der Waals surface area contributed by atoms with Gasteiger partial charge in [-0.05, 0) is 49.5 Å². The molecule has 0 fully saturated rings. The standard InChI is InChI=1S/C17H16N2O5S/c1-18-25(22,23)12-4-5-15-13(9-12)14(17(21)19-15)8-10-7-11(24-2)3-6-16(10)20/h3-9,18,20H,1-2H3,(H,19,21). The van der Waals surface area contributed by atoms with Crippen LogP contribution in [0.15, 0.2) is 41.3 Å². The summed E-state index contributed by atoms with van der Waals surface area (Å²) in [6.07, 6.45) is 1.49. The van der Waals surface area contributed by atoms with Gasteiger partial charge in [-0.2, -0.15) is 0 Å². The molecule has 1 amide bonds. The fraction of sp³-hybridized carbons (Fsp3) is 0.118. The number of rotatable bonds is 4. The van der Waals surface area contributed by atoms with Gasteiger partial charge in [0.15, 0.2) is 0 Å². The maximum absolute atomic E-state index is 12.3. The number of phenolic OH excluding ortho intramolecular Hbond substituents is 1. The van der Waals surface area contributed by atoms with E-state index in [-0.39, 0.29) is 22.1 Å². The van der Waals surface area contributed by atoms with Crippen LogP contribution in [0.2, 0.25) is 0 Å². The summed E-state index contributed by atoms with van der Waals surface area (Å²) >= 11 is 0. The molecule has 7 nitrogen and oxygen atoms in total. The van der Waals surface area contributed by atoms with Gasteiger partial charge in [0.1, 0.15) is 11.5 Å². The molecule has 2 aromatic carbocycles. The highest BCUT2D eigenvalue weighted by Crippen LogP contribution is 2.36. The van der Waals surface area contributed by atoms with Gasteiger partial charge < -0.3 is 15.2 Å². The first kappa shape index (κ1) is 17.0. The number of nitrogens with one attached hydrogen (secondary N) is 2. The average molecular weight is 360 g/mol. The lowest BCUT2D eigenvalue weighted by atomic mass is 10.0. The van der Waals surface area contributed by atoms with E-state index in [4.69, 9.17) is 4.74 Å². The van der Waals surface area contributed by atoms with Gasteiger partial charge in [-0.25, -0.2) is 13.1 Å². The number of hydrogen-bond donors (Lipinski definition) is 3. The highest BCUT2D eigenvalue weighted by Gasteiger charge is 2.26. The lowest BCUT2D eigenvalue weighted by Gasteiger charge is -2.06. The molecule has 0 radical (unpaired) electrons. The molecule has 8 heteroatoms. The lowest BCUT2D eigenvalue weighted by molar-refractivity contribution is -0.110. The van der Waals surface area contributed by atoms with Crippen LogP contribution in [0.3, 0.4) is 0 Å². The van der Waals surface area contributed by atoms with Crippen LogP contribution in [0.1, 0.15) is 11.1 Å². The first-order chi connectivity index (χ1) is 11.9. The number of hydrogen-bond acceptors (Lipinski definition) is 5. The van der Waals surface area contributed by atoms with E-state index in [1.54, 1.807) is 12.1 Å². The number of methoxy groups -OCH3 is 1. The van der Waals surface area contributed by atoms with Crippen molar-refractivity contribution in [3.63, 3.8) is 0 Å². The Morgan fingerprint density at radius 1 is 1.20 bits per heavy atom. The molecule has 0 aromatic heterocycles. The third kappa shape index (κ3) is 3.09.